The molecule has 0 aromatic heterocycles. The first-order valence-corrected chi connectivity index (χ1v) is 4.60. The lowest BCUT2D eigenvalue weighted by molar-refractivity contribution is 0.111. The maximum atomic E-state index is 10.6. The average Bonchev–Trinajstić information content (AvgIpc) is 2.72. The van der Waals surface area contributed by atoms with Gasteiger partial charge in [-0.3, -0.25) is 4.79 Å². The van der Waals surface area contributed by atoms with E-state index < -0.39 is 0 Å². The van der Waals surface area contributed by atoms with Crippen LogP contribution in [0.1, 0.15) is 10.5 Å². The first-order valence-electron chi connectivity index (χ1n) is 4.60. The molecule has 1 aromatic rings. The van der Waals surface area contributed by atoms with E-state index in [1.807, 2.05) is 24.3 Å². The van der Waals surface area contributed by atoms with E-state index in [2.05, 4.69) is 4.98 Å². The highest BCUT2D eigenvalue weighted by Crippen LogP contribution is 2.30. The lowest BCUT2D eigenvalue weighted by Gasteiger charge is -2.01. The predicted octanol–water partition coefficient (Wildman–Crippen LogP) is 2.75. The molecule has 0 aliphatic carbocycles. The van der Waals surface area contributed by atoms with Crippen molar-refractivity contribution in [3.8, 4) is 11.3 Å². The molecule has 3 nitrogen and oxygen atoms in total. The van der Waals surface area contributed by atoms with Crippen molar-refractivity contribution in [1.29, 1.82) is 0 Å². The van der Waals surface area contributed by atoms with Gasteiger partial charge in [-0.05, 0) is 18.2 Å². The second-order valence-electron chi connectivity index (χ2n) is 3.33. The van der Waals surface area contributed by atoms with Crippen molar-refractivity contribution in [2.45, 2.75) is 0 Å². The van der Waals surface area contributed by atoms with E-state index in [4.69, 9.17) is 4.42 Å². The van der Waals surface area contributed by atoms with E-state index in [9.17, 15) is 4.79 Å². The van der Waals surface area contributed by atoms with Crippen molar-refractivity contribution < 1.29 is 9.21 Å². The van der Waals surface area contributed by atoms with Crippen LogP contribution in [0.3, 0.4) is 0 Å². The standard InChI is InChI=1S/C12H7NO2/c14-6-9-5-8-7-15-11-4-2-1-3-10(11)12(8)13-9/h1-7H. The molecule has 0 saturated heterocycles. The number of carbonyl (C=O) groups excluding carboxylic acids is 1. The van der Waals surface area contributed by atoms with Crippen LogP contribution in [0.4, 0.5) is 0 Å². The summed E-state index contributed by atoms with van der Waals surface area (Å²) in [6, 6.07) is 9.36. The molecule has 15 heavy (non-hydrogen) atoms. The lowest BCUT2D eigenvalue weighted by atomic mass is 10.1. The predicted molar refractivity (Wildman–Crippen MR) is 56.0 cm³/mol. The third-order valence-corrected chi connectivity index (χ3v) is 2.39. The summed E-state index contributed by atoms with van der Waals surface area (Å²) in [5.41, 5.74) is 2.90. The minimum absolute atomic E-state index is 0.441. The second kappa shape index (κ2) is 2.92. The number of aldehydes is 1. The van der Waals surface area contributed by atoms with E-state index in [0.29, 0.717) is 5.69 Å². The van der Waals surface area contributed by atoms with Crippen LogP contribution in [0.25, 0.3) is 22.2 Å². The molecule has 2 heterocycles. The Kier molecular flexibility index (Phi) is 1.59. The monoisotopic (exact) mass is 197 g/mol. The Morgan fingerprint density at radius 1 is 1.27 bits per heavy atom. The first-order chi connectivity index (χ1) is 7.38. The lowest BCUT2D eigenvalue weighted by Crippen LogP contribution is -1.81. The molecular weight excluding hydrogens is 190 g/mol. The minimum Gasteiger partial charge on any atom is -0.464 e. The van der Waals surface area contributed by atoms with Gasteiger partial charge in [-0.1, -0.05) is 12.1 Å². The number of benzene rings is 1. The summed E-state index contributed by atoms with van der Waals surface area (Å²) >= 11 is 0. The number of nitrogens with zero attached hydrogens (tertiary/aromatic N) is 1. The van der Waals surface area contributed by atoms with Gasteiger partial charge >= 0.3 is 0 Å². The van der Waals surface area contributed by atoms with Gasteiger partial charge in [-0.25, -0.2) is 4.98 Å². The van der Waals surface area contributed by atoms with Crippen LogP contribution in [0.15, 0.2) is 41.0 Å². The van der Waals surface area contributed by atoms with Gasteiger partial charge in [0.05, 0.1) is 5.69 Å². The number of hydrogen-bond acceptors (Lipinski definition) is 3. The molecule has 0 atom stereocenters. The molecule has 2 aliphatic rings. The molecule has 0 radical (unpaired) electrons. The summed E-state index contributed by atoms with van der Waals surface area (Å²) in [5.74, 6) is 0. The number of hydrogen-bond donors (Lipinski definition) is 0. The fraction of sp³-hybridized carbons (Fsp3) is 0. The highest BCUT2D eigenvalue weighted by Gasteiger charge is 2.12. The first kappa shape index (κ1) is 8.17. The van der Waals surface area contributed by atoms with Gasteiger partial charge in [0.2, 0.25) is 0 Å². The SMILES string of the molecule is O=Cc1cc2coc3ccccc3c-2n1. The van der Waals surface area contributed by atoms with Crippen LogP contribution >= 0.6 is 0 Å². The maximum Gasteiger partial charge on any atom is 0.168 e. The molecule has 3 heteroatoms. The van der Waals surface area contributed by atoms with E-state index in [1.165, 1.54) is 0 Å². The van der Waals surface area contributed by atoms with Crippen molar-refractivity contribution in [2.24, 2.45) is 0 Å². The molecule has 72 valence electrons. The highest BCUT2D eigenvalue weighted by molar-refractivity contribution is 5.94. The van der Waals surface area contributed by atoms with Gasteiger partial charge in [-0.2, -0.15) is 0 Å². The molecule has 0 amide bonds. The van der Waals surface area contributed by atoms with Crippen LogP contribution in [-0.2, 0) is 0 Å². The molecule has 1 aromatic carbocycles. The summed E-state index contributed by atoms with van der Waals surface area (Å²) in [6.07, 6.45) is 2.37. The van der Waals surface area contributed by atoms with Crippen molar-refractivity contribution >= 4 is 17.3 Å². The number of rotatable bonds is 1. The Bertz CT molecular complexity index is 612. The van der Waals surface area contributed by atoms with E-state index in [0.717, 1.165) is 28.5 Å². The fourth-order valence-electron chi connectivity index (χ4n) is 1.71. The second-order valence-corrected chi connectivity index (χ2v) is 3.33. The highest BCUT2D eigenvalue weighted by atomic mass is 16.3. The topological polar surface area (TPSA) is 43.1 Å². The summed E-state index contributed by atoms with van der Waals surface area (Å²) in [6.45, 7) is 0. The zero-order valence-corrected chi connectivity index (χ0v) is 7.81. The molecule has 0 unspecified atom stereocenters. The molecule has 0 bridgehead atoms. The van der Waals surface area contributed by atoms with E-state index >= 15 is 0 Å². The number of aromatic nitrogens is 1. The largest absolute Gasteiger partial charge is 0.464 e. The van der Waals surface area contributed by atoms with Crippen LogP contribution in [0.5, 0.6) is 0 Å². The van der Waals surface area contributed by atoms with E-state index in [-0.39, 0.29) is 0 Å². The summed E-state index contributed by atoms with van der Waals surface area (Å²) in [4.78, 5) is 14.9. The Hall–Kier alpha value is -2.16. The third kappa shape index (κ3) is 1.13. The normalized spacial score (nSPS) is 10.9. The van der Waals surface area contributed by atoms with Gasteiger partial charge in [0, 0.05) is 10.9 Å². The summed E-state index contributed by atoms with van der Waals surface area (Å²) in [5, 5.41) is 0.933. The molecule has 3 rings (SSSR count). The van der Waals surface area contributed by atoms with Gasteiger partial charge in [0.25, 0.3) is 0 Å². The fourth-order valence-corrected chi connectivity index (χ4v) is 1.71. The van der Waals surface area contributed by atoms with Crippen LogP contribution in [0, 0.1) is 0 Å². The smallest absolute Gasteiger partial charge is 0.168 e. The molecule has 0 fully saturated rings. The van der Waals surface area contributed by atoms with Gasteiger partial charge in [0.1, 0.15) is 17.5 Å². The van der Waals surface area contributed by atoms with Crippen molar-refractivity contribution in [2.75, 3.05) is 0 Å². The summed E-state index contributed by atoms with van der Waals surface area (Å²) in [7, 11) is 0. The average molecular weight is 197 g/mol. The third-order valence-electron chi connectivity index (χ3n) is 2.39. The Morgan fingerprint density at radius 2 is 2.13 bits per heavy atom. The maximum absolute atomic E-state index is 10.6. The van der Waals surface area contributed by atoms with Gasteiger partial charge < -0.3 is 4.42 Å². The molecule has 0 N–H and O–H groups in total. The van der Waals surface area contributed by atoms with E-state index in [1.54, 1.807) is 12.3 Å². The molecule has 2 aliphatic heterocycles. The minimum atomic E-state index is 0.441. The van der Waals surface area contributed by atoms with Crippen LogP contribution in [0.2, 0.25) is 0 Å². The van der Waals surface area contributed by atoms with Crippen molar-refractivity contribution in [3.05, 3.63) is 42.3 Å². The number of fused-ring (bicyclic) bond motifs is 3. The Morgan fingerprint density at radius 3 is 3.00 bits per heavy atom. The van der Waals surface area contributed by atoms with Gasteiger partial charge in [0.15, 0.2) is 6.29 Å². The van der Waals surface area contributed by atoms with Crippen molar-refractivity contribution in [1.82, 2.24) is 4.98 Å². The number of para-hydroxylation sites is 1. The van der Waals surface area contributed by atoms with Crippen LogP contribution < -0.4 is 0 Å². The van der Waals surface area contributed by atoms with Crippen molar-refractivity contribution in [3.63, 3.8) is 0 Å². The zero-order valence-electron chi connectivity index (χ0n) is 7.81. The Labute approximate surface area is 85.7 Å². The molecule has 0 spiro atoms. The van der Waals surface area contributed by atoms with Crippen LogP contribution in [-0.4, -0.2) is 11.3 Å². The quantitative estimate of drug-likeness (QED) is 0.563. The summed E-state index contributed by atoms with van der Waals surface area (Å²) < 4.78 is 5.43. The number of carbonyl (C=O) groups is 1. The molecule has 0 saturated carbocycles. The Balaban J connectivity index is 2.47. The van der Waals surface area contributed by atoms with Gasteiger partial charge in [-0.15, -0.1) is 0 Å². The molecular formula is C12H7NO2. The zero-order chi connectivity index (χ0) is 10.3.